The number of rotatable bonds is 4. The van der Waals surface area contributed by atoms with E-state index in [1.807, 2.05) is 0 Å². The molecule has 0 atom stereocenters. The molecule has 2 aromatic rings. The fourth-order valence-electron chi connectivity index (χ4n) is 2.40. The molecule has 0 radical (unpaired) electrons. The Labute approximate surface area is 138 Å². The summed E-state index contributed by atoms with van der Waals surface area (Å²) in [4.78, 5) is 22.2. The first-order valence-corrected chi connectivity index (χ1v) is 7.50. The van der Waals surface area contributed by atoms with Gasteiger partial charge in [-0.15, -0.1) is 0 Å². The van der Waals surface area contributed by atoms with Crippen molar-refractivity contribution >= 4 is 22.8 Å². The lowest BCUT2D eigenvalue weighted by atomic mass is 10.1. The van der Waals surface area contributed by atoms with Crippen molar-refractivity contribution in [1.29, 1.82) is 0 Å². The molecule has 24 heavy (non-hydrogen) atoms. The van der Waals surface area contributed by atoms with Gasteiger partial charge in [0.15, 0.2) is 17.3 Å². The number of nitro benzene ring substituents is 1. The standard InChI is InChI=1S/C17H16N2O5/c1-11(20)12-3-5-14(15(9-12)19(21)22)18-13-4-6-16-17(10-13)24-8-2-7-23-16/h3-6,9-10,18H,2,7-8H2,1H3. The largest absolute Gasteiger partial charge is 0.490 e. The molecule has 0 saturated heterocycles. The molecule has 0 bridgehead atoms. The first-order chi connectivity index (χ1) is 11.5. The lowest BCUT2D eigenvalue weighted by molar-refractivity contribution is -0.383. The highest BCUT2D eigenvalue weighted by Gasteiger charge is 2.17. The van der Waals surface area contributed by atoms with Crippen LogP contribution in [0.25, 0.3) is 0 Å². The number of benzene rings is 2. The van der Waals surface area contributed by atoms with Crippen LogP contribution < -0.4 is 14.8 Å². The third-order valence-electron chi connectivity index (χ3n) is 3.63. The Morgan fingerprint density at radius 2 is 1.88 bits per heavy atom. The molecule has 1 heterocycles. The van der Waals surface area contributed by atoms with Crippen LogP contribution in [0.2, 0.25) is 0 Å². The maximum absolute atomic E-state index is 11.4. The fourth-order valence-corrected chi connectivity index (χ4v) is 2.40. The summed E-state index contributed by atoms with van der Waals surface area (Å²) in [7, 11) is 0. The van der Waals surface area contributed by atoms with E-state index in [0.29, 0.717) is 41.7 Å². The number of Topliss-reactive ketones (excluding diaryl/α,β-unsaturated/α-hetero) is 1. The molecule has 0 aromatic heterocycles. The summed E-state index contributed by atoms with van der Waals surface area (Å²) in [6.45, 7) is 2.53. The molecule has 3 rings (SSSR count). The zero-order chi connectivity index (χ0) is 17.1. The lowest BCUT2D eigenvalue weighted by Crippen LogP contribution is -2.01. The fraction of sp³-hybridized carbons (Fsp3) is 0.235. The van der Waals surface area contributed by atoms with Gasteiger partial charge in [-0.25, -0.2) is 0 Å². The molecule has 1 N–H and O–H groups in total. The maximum Gasteiger partial charge on any atom is 0.293 e. The quantitative estimate of drug-likeness (QED) is 0.523. The van der Waals surface area contributed by atoms with Gasteiger partial charge in [-0.1, -0.05) is 0 Å². The van der Waals surface area contributed by atoms with Gasteiger partial charge in [-0.3, -0.25) is 14.9 Å². The number of nitro groups is 1. The van der Waals surface area contributed by atoms with Crippen molar-refractivity contribution in [1.82, 2.24) is 0 Å². The highest BCUT2D eigenvalue weighted by atomic mass is 16.6. The molecule has 0 unspecified atom stereocenters. The summed E-state index contributed by atoms with van der Waals surface area (Å²) in [5.74, 6) is 1.03. The van der Waals surface area contributed by atoms with E-state index in [2.05, 4.69) is 5.32 Å². The van der Waals surface area contributed by atoms with Gasteiger partial charge in [0.2, 0.25) is 0 Å². The summed E-state index contributed by atoms with van der Waals surface area (Å²) in [6, 6.07) is 9.62. The van der Waals surface area contributed by atoms with Crippen molar-refractivity contribution < 1.29 is 19.2 Å². The molecule has 0 saturated carbocycles. The second kappa shape index (κ2) is 6.57. The minimum absolute atomic E-state index is 0.158. The van der Waals surface area contributed by atoms with Crippen LogP contribution in [0.1, 0.15) is 23.7 Å². The van der Waals surface area contributed by atoms with Crippen LogP contribution in [0.5, 0.6) is 11.5 Å². The van der Waals surface area contributed by atoms with Crippen molar-refractivity contribution in [3.8, 4) is 11.5 Å². The first-order valence-electron chi connectivity index (χ1n) is 7.50. The van der Waals surface area contributed by atoms with Crippen molar-refractivity contribution in [3.63, 3.8) is 0 Å². The van der Waals surface area contributed by atoms with Gasteiger partial charge in [-0.2, -0.15) is 0 Å². The van der Waals surface area contributed by atoms with E-state index in [0.717, 1.165) is 6.42 Å². The molecule has 0 fully saturated rings. The van der Waals surface area contributed by atoms with Gasteiger partial charge in [0.1, 0.15) is 5.69 Å². The topological polar surface area (TPSA) is 90.7 Å². The molecule has 0 spiro atoms. The molecule has 1 aliphatic heterocycles. The van der Waals surface area contributed by atoms with Crippen LogP contribution in [0.15, 0.2) is 36.4 Å². The molecule has 124 valence electrons. The van der Waals surface area contributed by atoms with Crippen LogP contribution in [0.4, 0.5) is 17.1 Å². The van der Waals surface area contributed by atoms with Gasteiger partial charge >= 0.3 is 0 Å². The van der Waals surface area contributed by atoms with Gasteiger partial charge in [0.05, 0.1) is 18.1 Å². The van der Waals surface area contributed by atoms with Crippen molar-refractivity contribution in [2.75, 3.05) is 18.5 Å². The summed E-state index contributed by atoms with van der Waals surface area (Å²) in [6.07, 6.45) is 0.801. The highest BCUT2D eigenvalue weighted by molar-refractivity contribution is 5.95. The van der Waals surface area contributed by atoms with Gasteiger partial charge in [-0.05, 0) is 31.2 Å². The van der Waals surface area contributed by atoms with Gasteiger partial charge in [0.25, 0.3) is 5.69 Å². The van der Waals surface area contributed by atoms with E-state index in [9.17, 15) is 14.9 Å². The highest BCUT2D eigenvalue weighted by Crippen LogP contribution is 2.35. The Morgan fingerprint density at radius 1 is 1.12 bits per heavy atom. The molecule has 7 nitrogen and oxygen atoms in total. The smallest absolute Gasteiger partial charge is 0.293 e. The van der Waals surface area contributed by atoms with Crippen LogP contribution >= 0.6 is 0 Å². The number of carbonyl (C=O) groups is 1. The summed E-state index contributed by atoms with van der Waals surface area (Å²) < 4.78 is 11.2. The number of carbonyl (C=O) groups excluding carboxylic acids is 1. The maximum atomic E-state index is 11.4. The molecular weight excluding hydrogens is 312 g/mol. The Bertz CT molecular complexity index is 804. The van der Waals surface area contributed by atoms with Crippen molar-refractivity contribution in [3.05, 3.63) is 52.1 Å². The summed E-state index contributed by atoms with van der Waals surface area (Å²) in [5.41, 5.74) is 1.08. The number of nitrogens with one attached hydrogen (secondary N) is 1. The Morgan fingerprint density at radius 3 is 2.58 bits per heavy atom. The Hall–Kier alpha value is -3.09. The zero-order valence-electron chi connectivity index (χ0n) is 13.1. The summed E-state index contributed by atoms with van der Waals surface area (Å²) in [5, 5.41) is 14.3. The van der Waals surface area contributed by atoms with E-state index < -0.39 is 4.92 Å². The van der Waals surface area contributed by atoms with Crippen molar-refractivity contribution in [2.45, 2.75) is 13.3 Å². The van der Waals surface area contributed by atoms with Crippen molar-refractivity contribution in [2.24, 2.45) is 0 Å². The van der Waals surface area contributed by atoms with E-state index in [1.165, 1.54) is 19.1 Å². The second-order valence-corrected chi connectivity index (χ2v) is 5.38. The number of fused-ring (bicyclic) bond motifs is 1. The third kappa shape index (κ3) is 3.29. The minimum atomic E-state index is -0.516. The predicted octanol–water partition coefficient (Wildman–Crippen LogP) is 3.70. The number of anilines is 2. The number of ether oxygens (including phenoxy) is 2. The molecule has 0 amide bonds. The number of hydrogen-bond acceptors (Lipinski definition) is 6. The van der Waals surface area contributed by atoms with E-state index in [-0.39, 0.29) is 11.5 Å². The molecule has 2 aromatic carbocycles. The Kier molecular flexibility index (Phi) is 4.33. The van der Waals surface area contributed by atoms with Crippen LogP contribution in [0, 0.1) is 10.1 Å². The average Bonchev–Trinajstić information content (AvgIpc) is 2.79. The minimum Gasteiger partial charge on any atom is -0.490 e. The molecule has 1 aliphatic rings. The average molecular weight is 328 g/mol. The third-order valence-corrected chi connectivity index (χ3v) is 3.63. The molecular formula is C17H16N2O5. The number of ketones is 1. The van der Waals surface area contributed by atoms with E-state index in [4.69, 9.17) is 9.47 Å². The zero-order valence-corrected chi connectivity index (χ0v) is 13.1. The van der Waals surface area contributed by atoms with Gasteiger partial charge < -0.3 is 14.8 Å². The lowest BCUT2D eigenvalue weighted by Gasteiger charge is -2.11. The number of hydrogen-bond donors (Lipinski definition) is 1. The molecule has 7 heteroatoms. The second-order valence-electron chi connectivity index (χ2n) is 5.38. The van der Waals surface area contributed by atoms with Crippen LogP contribution in [-0.2, 0) is 0 Å². The van der Waals surface area contributed by atoms with Gasteiger partial charge in [0, 0.05) is 29.8 Å². The number of nitrogens with zero attached hydrogens (tertiary/aromatic N) is 1. The summed E-state index contributed by atoms with van der Waals surface area (Å²) >= 11 is 0. The van der Waals surface area contributed by atoms with Crippen LogP contribution in [0.3, 0.4) is 0 Å². The monoisotopic (exact) mass is 328 g/mol. The molecule has 0 aliphatic carbocycles. The van der Waals surface area contributed by atoms with E-state index in [1.54, 1.807) is 24.3 Å². The van der Waals surface area contributed by atoms with Crippen LogP contribution in [-0.4, -0.2) is 23.9 Å². The normalized spacial score (nSPS) is 13.0. The van der Waals surface area contributed by atoms with E-state index >= 15 is 0 Å². The first kappa shape index (κ1) is 15.8. The predicted molar refractivity (Wildman–Crippen MR) is 88.4 cm³/mol. The SMILES string of the molecule is CC(=O)c1ccc(Nc2ccc3c(c2)OCCCO3)c([N+](=O)[O-])c1. The Balaban J connectivity index is 1.92.